The van der Waals surface area contributed by atoms with Gasteiger partial charge in [-0.1, -0.05) is 0 Å². The van der Waals surface area contributed by atoms with E-state index in [1.54, 1.807) is 4.90 Å². The summed E-state index contributed by atoms with van der Waals surface area (Å²) in [7, 11) is -3.09. The lowest BCUT2D eigenvalue weighted by Gasteiger charge is -2.28. The maximum atomic E-state index is 14.2. The number of amides is 1. The smallest absolute Gasteiger partial charge is 0.272 e. The van der Waals surface area contributed by atoms with Gasteiger partial charge in [0.05, 0.1) is 29.1 Å². The topological polar surface area (TPSA) is 79.4 Å². The number of fused-ring (bicyclic) bond motifs is 5. The minimum absolute atomic E-state index is 0. The van der Waals surface area contributed by atoms with Crippen LogP contribution in [0.1, 0.15) is 52.7 Å². The first-order chi connectivity index (χ1) is 14.3. The van der Waals surface area contributed by atoms with Gasteiger partial charge in [0.15, 0.2) is 9.84 Å². The number of carbonyl (C=O) groups is 1. The molecule has 6 nitrogen and oxygen atoms in total. The molecule has 166 valence electrons. The van der Waals surface area contributed by atoms with Gasteiger partial charge in [-0.05, 0) is 54.4 Å². The van der Waals surface area contributed by atoms with Gasteiger partial charge in [-0.2, -0.15) is 0 Å². The van der Waals surface area contributed by atoms with Crippen LogP contribution < -0.4 is 5.32 Å². The lowest BCUT2D eigenvalue weighted by Crippen LogP contribution is -2.44. The molecular formula is C21H22ClF2N3O3S. The van der Waals surface area contributed by atoms with Gasteiger partial charge in [0, 0.05) is 19.2 Å². The normalized spacial score (nSPS) is 23.2. The van der Waals surface area contributed by atoms with Crippen molar-refractivity contribution < 1.29 is 22.0 Å². The number of benzene rings is 1. The van der Waals surface area contributed by atoms with Crippen molar-refractivity contribution in [1.82, 2.24) is 9.88 Å². The van der Waals surface area contributed by atoms with Gasteiger partial charge in [0.1, 0.15) is 17.3 Å². The van der Waals surface area contributed by atoms with Crippen LogP contribution in [0.15, 0.2) is 24.4 Å². The van der Waals surface area contributed by atoms with Crippen LogP contribution in [0.25, 0.3) is 0 Å². The van der Waals surface area contributed by atoms with Crippen molar-refractivity contribution in [2.45, 2.75) is 31.1 Å². The Balaban J connectivity index is 0.00000231. The average molecular weight is 470 g/mol. The number of pyridine rings is 1. The van der Waals surface area contributed by atoms with Crippen molar-refractivity contribution >= 4 is 39.5 Å². The molecule has 31 heavy (non-hydrogen) atoms. The number of halogens is 3. The van der Waals surface area contributed by atoms with Crippen LogP contribution in [-0.4, -0.2) is 48.8 Å². The van der Waals surface area contributed by atoms with E-state index in [0.29, 0.717) is 11.4 Å². The monoisotopic (exact) mass is 469 g/mol. The zero-order valence-corrected chi connectivity index (χ0v) is 18.2. The summed E-state index contributed by atoms with van der Waals surface area (Å²) < 4.78 is 50.8. The van der Waals surface area contributed by atoms with E-state index in [1.807, 2.05) is 0 Å². The molecule has 2 heterocycles. The number of hydrogen-bond acceptors (Lipinski definition) is 5. The summed E-state index contributed by atoms with van der Waals surface area (Å²) in [5, 5.41) is 3.03. The van der Waals surface area contributed by atoms with Gasteiger partial charge in [0.25, 0.3) is 5.91 Å². The lowest BCUT2D eigenvalue weighted by atomic mass is 9.89. The molecule has 1 N–H and O–H groups in total. The van der Waals surface area contributed by atoms with E-state index < -0.39 is 21.5 Å². The fourth-order valence-electron chi connectivity index (χ4n) is 4.97. The van der Waals surface area contributed by atoms with E-state index >= 15 is 0 Å². The highest BCUT2D eigenvalue weighted by molar-refractivity contribution is 7.91. The predicted octanol–water partition coefficient (Wildman–Crippen LogP) is 3.76. The molecule has 10 heteroatoms. The molecule has 2 bridgehead atoms. The van der Waals surface area contributed by atoms with E-state index in [2.05, 4.69) is 10.3 Å². The second-order valence-electron chi connectivity index (χ2n) is 8.25. The molecule has 1 amide bonds. The number of anilines is 2. The van der Waals surface area contributed by atoms with Crippen molar-refractivity contribution in [3.8, 4) is 0 Å². The highest BCUT2D eigenvalue weighted by atomic mass is 35.5. The van der Waals surface area contributed by atoms with E-state index in [-0.39, 0.29) is 60.4 Å². The first-order valence-electron chi connectivity index (χ1n) is 10.1. The Hall–Kier alpha value is -2.26. The van der Waals surface area contributed by atoms with Crippen molar-refractivity contribution in [2.75, 3.05) is 29.9 Å². The van der Waals surface area contributed by atoms with Crippen molar-refractivity contribution in [2.24, 2.45) is 0 Å². The van der Waals surface area contributed by atoms with Crippen LogP contribution in [0.4, 0.5) is 20.2 Å². The molecule has 1 saturated carbocycles. The molecule has 0 spiro atoms. The molecule has 2 atom stereocenters. The summed E-state index contributed by atoms with van der Waals surface area (Å²) in [6.45, 7) is 0.346. The number of carbonyl (C=O) groups excluding carboxylic acids is 1. The zero-order chi connectivity index (χ0) is 21.0. The highest BCUT2D eigenvalue weighted by Gasteiger charge is 2.43. The van der Waals surface area contributed by atoms with E-state index in [0.717, 1.165) is 36.5 Å². The summed E-state index contributed by atoms with van der Waals surface area (Å²) in [6.07, 6.45) is 4.44. The van der Waals surface area contributed by atoms with Crippen molar-refractivity contribution in [1.29, 1.82) is 0 Å². The molecule has 2 aliphatic carbocycles. The number of rotatable bonds is 3. The summed E-state index contributed by atoms with van der Waals surface area (Å²) in [5.74, 6) is -1.15. The second-order valence-corrected chi connectivity index (χ2v) is 10.6. The van der Waals surface area contributed by atoms with Crippen molar-refractivity contribution in [3.05, 3.63) is 52.9 Å². The van der Waals surface area contributed by atoms with Gasteiger partial charge in [0.2, 0.25) is 0 Å². The van der Waals surface area contributed by atoms with Crippen LogP contribution in [0, 0.1) is 11.6 Å². The van der Waals surface area contributed by atoms with Gasteiger partial charge in [-0.15, -0.1) is 12.4 Å². The summed E-state index contributed by atoms with van der Waals surface area (Å²) >= 11 is 0. The predicted molar refractivity (Wildman–Crippen MR) is 115 cm³/mol. The number of nitrogens with zero attached hydrogens (tertiary/aromatic N) is 2. The Bertz CT molecular complexity index is 1140. The molecule has 2 fully saturated rings. The molecule has 5 rings (SSSR count). The number of sulfone groups is 1. The number of aromatic nitrogens is 1. The van der Waals surface area contributed by atoms with E-state index in [1.165, 1.54) is 18.3 Å². The molecule has 0 radical (unpaired) electrons. The van der Waals surface area contributed by atoms with Crippen LogP contribution in [0.2, 0.25) is 0 Å². The fraction of sp³-hybridized carbons (Fsp3) is 0.429. The highest BCUT2D eigenvalue weighted by Crippen LogP contribution is 2.56. The van der Waals surface area contributed by atoms with Crippen molar-refractivity contribution in [3.63, 3.8) is 0 Å². The SMILES string of the molecule is Cl.O=C(c1ncc(Nc2ccc(F)cc2F)c2c1C1CCC2C1)N1CCS(=O)(=O)CC1. The first kappa shape index (κ1) is 22.0. The summed E-state index contributed by atoms with van der Waals surface area (Å²) in [6, 6.07) is 3.36. The van der Waals surface area contributed by atoms with Crippen LogP contribution >= 0.6 is 12.4 Å². The minimum Gasteiger partial charge on any atom is -0.352 e. The van der Waals surface area contributed by atoms with Crippen LogP contribution in [0.3, 0.4) is 0 Å². The Morgan fingerprint density at radius 1 is 1.06 bits per heavy atom. The van der Waals surface area contributed by atoms with Gasteiger partial charge >= 0.3 is 0 Å². The molecule has 3 aliphatic rings. The Morgan fingerprint density at radius 3 is 2.42 bits per heavy atom. The second kappa shape index (κ2) is 8.02. The zero-order valence-electron chi connectivity index (χ0n) is 16.6. The molecule has 1 aromatic carbocycles. The van der Waals surface area contributed by atoms with E-state index in [4.69, 9.17) is 0 Å². The fourth-order valence-corrected chi connectivity index (χ4v) is 6.17. The summed E-state index contributed by atoms with van der Waals surface area (Å²) in [5.41, 5.74) is 3.06. The summed E-state index contributed by atoms with van der Waals surface area (Å²) in [4.78, 5) is 19.1. The lowest BCUT2D eigenvalue weighted by molar-refractivity contribution is 0.0762. The third-order valence-corrected chi connectivity index (χ3v) is 8.05. The molecule has 1 aromatic heterocycles. The minimum atomic E-state index is -3.09. The Morgan fingerprint density at radius 2 is 1.74 bits per heavy atom. The standard InChI is InChI=1S/C21H21F2N3O3S.ClH/c22-14-3-4-16(15(23)10-14)25-17-11-24-20(19-13-2-1-12(9-13)18(17)19)21(27)26-5-7-30(28,29)8-6-26;/h3-4,10-13,25H,1-2,5-9H2;1H. The van der Waals surface area contributed by atoms with Gasteiger partial charge < -0.3 is 10.2 Å². The molecule has 1 aliphatic heterocycles. The molecule has 2 aromatic rings. The third-order valence-electron chi connectivity index (χ3n) is 6.44. The van der Waals surface area contributed by atoms with Crippen LogP contribution in [-0.2, 0) is 9.84 Å². The maximum absolute atomic E-state index is 14.2. The number of hydrogen-bond donors (Lipinski definition) is 1. The van der Waals surface area contributed by atoms with Crippen LogP contribution in [0.5, 0.6) is 0 Å². The average Bonchev–Trinajstić information content (AvgIpc) is 3.32. The molecular weight excluding hydrogens is 448 g/mol. The number of nitrogens with one attached hydrogen (secondary N) is 1. The maximum Gasteiger partial charge on any atom is 0.272 e. The first-order valence-corrected chi connectivity index (χ1v) is 11.9. The van der Waals surface area contributed by atoms with Gasteiger partial charge in [-0.25, -0.2) is 22.2 Å². The molecule has 1 saturated heterocycles. The Labute approximate surface area is 185 Å². The van der Waals surface area contributed by atoms with Gasteiger partial charge in [-0.3, -0.25) is 4.79 Å². The largest absolute Gasteiger partial charge is 0.352 e. The Kier molecular flexibility index (Phi) is 5.68. The third kappa shape index (κ3) is 3.89. The molecule has 2 unspecified atom stereocenters. The van der Waals surface area contributed by atoms with E-state index in [9.17, 15) is 22.0 Å². The quantitative estimate of drug-likeness (QED) is 0.740.